The van der Waals surface area contributed by atoms with Gasteiger partial charge < -0.3 is 15.3 Å². The predicted molar refractivity (Wildman–Crippen MR) is 71.6 cm³/mol. The molecule has 0 aliphatic rings. The Kier molecular flexibility index (Phi) is 9.06. The number of carboxylic acid groups (broad SMARTS) is 1. The molecule has 5 heteroatoms. The fraction of sp³-hybridized carbons (Fsp3) is 0.846. The van der Waals surface area contributed by atoms with Gasteiger partial charge in [0.05, 0.1) is 0 Å². The molecule has 2 amide bonds. The standard InChI is InChI=1S/C13H26N2O3/c1-4-5-6-9-14-13(18)15(11(2)3)10-7-8-12(16)17/h11H,4-10H2,1-3H3,(H,14,18)(H,16,17). The molecule has 0 atom stereocenters. The first kappa shape index (κ1) is 16.7. The van der Waals surface area contributed by atoms with E-state index in [0.717, 1.165) is 19.3 Å². The molecule has 2 N–H and O–H groups in total. The minimum Gasteiger partial charge on any atom is -0.481 e. The molecule has 0 aromatic heterocycles. The molecule has 0 aliphatic heterocycles. The zero-order chi connectivity index (χ0) is 14.0. The van der Waals surface area contributed by atoms with Crippen molar-refractivity contribution in [1.29, 1.82) is 0 Å². The summed E-state index contributed by atoms with van der Waals surface area (Å²) >= 11 is 0. The number of unbranched alkanes of at least 4 members (excludes halogenated alkanes) is 2. The van der Waals surface area contributed by atoms with Crippen molar-refractivity contribution in [3.8, 4) is 0 Å². The fourth-order valence-electron chi connectivity index (χ4n) is 1.67. The Balaban J connectivity index is 3.99. The molecule has 0 unspecified atom stereocenters. The number of amides is 2. The number of carboxylic acids is 1. The fourth-order valence-corrected chi connectivity index (χ4v) is 1.67. The molecular formula is C13H26N2O3. The lowest BCUT2D eigenvalue weighted by Gasteiger charge is -2.26. The van der Waals surface area contributed by atoms with E-state index in [4.69, 9.17) is 5.11 Å². The van der Waals surface area contributed by atoms with Crippen molar-refractivity contribution < 1.29 is 14.7 Å². The van der Waals surface area contributed by atoms with E-state index in [2.05, 4.69) is 12.2 Å². The average Bonchev–Trinajstić information content (AvgIpc) is 2.29. The second-order valence-corrected chi connectivity index (χ2v) is 4.72. The van der Waals surface area contributed by atoms with E-state index < -0.39 is 5.97 Å². The topological polar surface area (TPSA) is 69.6 Å². The van der Waals surface area contributed by atoms with Crippen LogP contribution in [0.15, 0.2) is 0 Å². The summed E-state index contributed by atoms with van der Waals surface area (Å²) in [6, 6.07) is -0.00328. The van der Waals surface area contributed by atoms with E-state index in [9.17, 15) is 9.59 Å². The molecule has 0 bridgehead atoms. The Bertz CT molecular complexity index is 255. The number of nitrogens with zero attached hydrogens (tertiary/aromatic N) is 1. The van der Waals surface area contributed by atoms with Crippen molar-refractivity contribution in [3.63, 3.8) is 0 Å². The van der Waals surface area contributed by atoms with Crippen LogP contribution in [0.5, 0.6) is 0 Å². The average molecular weight is 258 g/mol. The van der Waals surface area contributed by atoms with Crippen LogP contribution in [-0.4, -0.2) is 41.1 Å². The van der Waals surface area contributed by atoms with Gasteiger partial charge in [-0.2, -0.15) is 0 Å². The van der Waals surface area contributed by atoms with Gasteiger partial charge in [-0.15, -0.1) is 0 Å². The maximum Gasteiger partial charge on any atom is 0.317 e. The quantitative estimate of drug-likeness (QED) is 0.624. The minimum atomic E-state index is -0.818. The van der Waals surface area contributed by atoms with Crippen LogP contribution in [-0.2, 0) is 4.79 Å². The summed E-state index contributed by atoms with van der Waals surface area (Å²) < 4.78 is 0. The molecule has 0 spiro atoms. The number of urea groups is 1. The van der Waals surface area contributed by atoms with Gasteiger partial charge in [-0.3, -0.25) is 4.79 Å². The van der Waals surface area contributed by atoms with E-state index in [1.165, 1.54) is 0 Å². The number of carbonyl (C=O) groups is 2. The van der Waals surface area contributed by atoms with Crippen LogP contribution >= 0.6 is 0 Å². The lowest BCUT2D eigenvalue weighted by Crippen LogP contribution is -2.44. The third kappa shape index (κ3) is 7.92. The van der Waals surface area contributed by atoms with Gasteiger partial charge in [0.2, 0.25) is 0 Å². The minimum absolute atomic E-state index is 0.0879. The first-order valence-electron chi connectivity index (χ1n) is 6.75. The maximum absolute atomic E-state index is 11.9. The van der Waals surface area contributed by atoms with Crippen LogP contribution in [0.1, 0.15) is 52.9 Å². The lowest BCUT2D eigenvalue weighted by molar-refractivity contribution is -0.137. The van der Waals surface area contributed by atoms with Gasteiger partial charge in [0.1, 0.15) is 0 Å². The Hall–Kier alpha value is -1.26. The molecule has 5 nitrogen and oxygen atoms in total. The molecule has 106 valence electrons. The van der Waals surface area contributed by atoms with Crippen molar-refractivity contribution in [1.82, 2.24) is 10.2 Å². The van der Waals surface area contributed by atoms with Crippen LogP contribution < -0.4 is 5.32 Å². The van der Waals surface area contributed by atoms with Crippen molar-refractivity contribution in [2.45, 2.75) is 58.9 Å². The predicted octanol–water partition coefficient (Wildman–Crippen LogP) is 2.46. The van der Waals surface area contributed by atoms with Crippen molar-refractivity contribution in [3.05, 3.63) is 0 Å². The van der Waals surface area contributed by atoms with E-state index in [-0.39, 0.29) is 18.5 Å². The van der Waals surface area contributed by atoms with Crippen molar-refractivity contribution in [2.75, 3.05) is 13.1 Å². The normalized spacial score (nSPS) is 10.4. The number of rotatable bonds is 9. The van der Waals surface area contributed by atoms with Gasteiger partial charge in [0, 0.05) is 25.6 Å². The van der Waals surface area contributed by atoms with Gasteiger partial charge in [-0.05, 0) is 26.7 Å². The van der Waals surface area contributed by atoms with Crippen molar-refractivity contribution in [2.24, 2.45) is 0 Å². The maximum atomic E-state index is 11.9. The van der Waals surface area contributed by atoms with Crippen LogP contribution in [0.2, 0.25) is 0 Å². The number of hydrogen-bond donors (Lipinski definition) is 2. The third-order valence-electron chi connectivity index (χ3n) is 2.73. The zero-order valence-electron chi connectivity index (χ0n) is 11.7. The molecule has 0 saturated heterocycles. The van der Waals surface area contributed by atoms with Crippen LogP contribution in [0, 0.1) is 0 Å². The third-order valence-corrected chi connectivity index (χ3v) is 2.73. The highest BCUT2D eigenvalue weighted by atomic mass is 16.4. The zero-order valence-corrected chi connectivity index (χ0v) is 11.7. The molecule has 0 fully saturated rings. The summed E-state index contributed by atoms with van der Waals surface area (Å²) in [6.07, 6.45) is 3.83. The number of nitrogens with one attached hydrogen (secondary N) is 1. The SMILES string of the molecule is CCCCCNC(=O)N(CCCC(=O)O)C(C)C. The smallest absolute Gasteiger partial charge is 0.317 e. The number of aliphatic carboxylic acids is 1. The summed E-state index contributed by atoms with van der Waals surface area (Å²) in [5.74, 6) is -0.818. The Morgan fingerprint density at radius 1 is 1.22 bits per heavy atom. The largest absolute Gasteiger partial charge is 0.481 e. The van der Waals surface area contributed by atoms with E-state index in [0.29, 0.717) is 19.5 Å². The molecule has 0 radical (unpaired) electrons. The molecular weight excluding hydrogens is 232 g/mol. The highest BCUT2D eigenvalue weighted by Gasteiger charge is 2.16. The molecule has 18 heavy (non-hydrogen) atoms. The monoisotopic (exact) mass is 258 g/mol. The van der Waals surface area contributed by atoms with E-state index >= 15 is 0 Å². The molecule has 0 aliphatic carbocycles. The van der Waals surface area contributed by atoms with Gasteiger partial charge in [0.25, 0.3) is 0 Å². The first-order valence-corrected chi connectivity index (χ1v) is 6.75. The highest BCUT2D eigenvalue weighted by molar-refractivity contribution is 5.74. The second-order valence-electron chi connectivity index (χ2n) is 4.72. The van der Waals surface area contributed by atoms with Gasteiger partial charge in [-0.25, -0.2) is 4.79 Å². The Morgan fingerprint density at radius 3 is 2.39 bits per heavy atom. The number of carbonyl (C=O) groups excluding carboxylic acids is 1. The van der Waals surface area contributed by atoms with Gasteiger partial charge in [0.15, 0.2) is 0 Å². The summed E-state index contributed by atoms with van der Waals surface area (Å²) in [5.41, 5.74) is 0. The van der Waals surface area contributed by atoms with Crippen LogP contribution in [0.25, 0.3) is 0 Å². The molecule has 0 aromatic carbocycles. The summed E-state index contributed by atoms with van der Waals surface area (Å²) in [7, 11) is 0. The second kappa shape index (κ2) is 9.74. The van der Waals surface area contributed by atoms with E-state index in [1.807, 2.05) is 13.8 Å². The van der Waals surface area contributed by atoms with Gasteiger partial charge in [-0.1, -0.05) is 19.8 Å². The Morgan fingerprint density at radius 2 is 1.89 bits per heavy atom. The molecule has 0 rings (SSSR count). The summed E-state index contributed by atoms with van der Waals surface area (Å²) in [4.78, 5) is 24.0. The first-order chi connectivity index (χ1) is 8.49. The summed E-state index contributed by atoms with van der Waals surface area (Å²) in [6.45, 7) is 7.17. The molecule has 0 saturated carbocycles. The summed E-state index contributed by atoms with van der Waals surface area (Å²) in [5, 5.41) is 11.5. The molecule has 0 aromatic rings. The molecule has 0 heterocycles. The van der Waals surface area contributed by atoms with Crippen molar-refractivity contribution >= 4 is 12.0 Å². The highest BCUT2D eigenvalue weighted by Crippen LogP contribution is 2.03. The lowest BCUT2D eigenvalue weighted by atomic mass is 10.2. The Labute approximate surface area is 110 Å². The number of hydrogen-bond acceptors (Lipinski definition) is 2. The van der Waals surface area contributed by atoms with Crippen LogP contribution in [0.3, 0.4) is 0 Å². The van der Waals surface area contributed by atoms with Crippen LogP contribution in [0.4, 0.5) is 4.79 Å². The van der Waals surface area contributed by atoms with E-state index in [1.54, 1.807) is 4.90 Å². The van der Waals surface area contributed by atoms with Gasteiger partial charge >= 0.3 is 12.0 Å².